The van der Waals surface area contributed by atoms with Gasteiger partial charge >= 0.3 is 5.09 Å². The van der Waals surface area contributed by atoms with Crippen molar-refractivity contribution in [1.29, 1.82) is 0 Å². The van der Waals surface area contributed by atoms with Crippen molar-refractivity contribution in [2.45, 2.75) is 168 Å². The number of carbonyl (C=O) groups excluding carboxylic acids is 2. The van der Waals surface area contributed by atoms with E-state index in [-0.39, 0.29) is 110 Å². The van der Waals surface area contributed by atoms with Crippen molar-refractivity contribution in [2.24, 2.45) is 34.5 Å². The highest BCUT2D eigenvalue weighted by Gasteiger charge is 2.60. The molecule has 6 saturated carbocycles. The number of phenolic OH excluding ortho intramolecular Hbond substituents is 4. The van der Waals surface area contributed by atoms with Gasteiger partial charge in [0, 0.05) is 47.6 Å². The smallest absolute Gasteiger partial charge is 0.477 e. The zero-order chi connectivity index (χ0) is 42.4. The van der Waals surface area contributed by atoms with Crippen LogP contribution in [0.2, 0.25) is 0 Å². The van der Waals surface area contributed by atoms with Crippen LogP contribution in [0.3, 0.4) is 0 Å². The molecule has 0 unspecified atom stereocenters. The molecule has 6 aliphatic rings. The third-order valence-corrected chi connectivity index (χ3v) is 15.6. The van der Waals surface area contributed by atoms with Crippen LogP contribution in [0.1, 0.15) is 179 Å². The number of nitrogens with zero attached hydrogens (tertiary/aromatic N) is 1. The minimum Gasteiger partial charge on any atom is -0.508 e. The average molecular weight is 805 g/mol. The topological polar surface area (TPSA) is 154 Å². The lowest BCUT2D eigenvalue weighted by Crippen LogP contribution is -2.56. The number of Topliss-reactive ketones (excluding diaryl/α,β-unsaturated/α-hetero) is 2. The summed E-state index contributed by atoms with van der Waals surface area (Å²) < 4.78 is 0. The Hall–Kier alpha value is -3.82. The molecule has 2 aromatic carbocycles. The van der Waals surface area contributed by atoms with Crippen LogP contribution in [-0.4, -0.2) is 50.3 Å². The highest BCUT2D eigenvalue weighted by Crippen LogP contribution is 2.65. The van der Waals surface area contributed by atoms with E-state index in [1.54, 1.807) is 24.3 Å². The summed E-state index contributed by atoms with van der Waals surface area (Å²) >= 11 is 0. The van der Waals surface area contributed by atoms with Gasteiger partial charge in [0.25, 0.3) is 0 Å². The molecule has 58 heavy (non-hydrogen) atoms. The van der Waals surface area contributed by atoms with Crippen LogP contribution < -0.4 is 0 Å². The number of ketones is 2. The maximum Gasteiger partial charge on any atom is 0.477 e. The van der Waals surface area contributed by atoms with E-state index in [1.807, 2.05) is 0 Å². The van der Waals surface area contributed by atoms with Crippen molar-refractivity contribution in [1.82, 2.24) is 0 Å². The first-order valence-corrected chi connectivity index (χ1v) is 22.1. The lowest BCUT2D eigenvalue weighted by molar-refractivity contribution is -0.981. The summed E-state index contributed by atoms with van der Waals surface area (Å²) in [5, 5.41) is 44.6. The summed E-state index contributed by atoms with van der Waals surface area (Å²) in [5.74, 6) is 1.27. The van der Waals surface area contributed by atoms with E-state index < -0.39 is 0 Å². The molecule has 4 bridgehead atoms. The molecule has 0 aliphatic heterocycles. The quantitative estimate of drug-likeness (QED) is 0.0756. The van der Waals surface area contributed by atoms with Gasteiger partial charge in [0.2, 0.25) is 0 Å². The van der Waals surface area contributed by atoms with Gasteiger partial charge in [-0.3, -0.25) is 9.59 Å². The Bertz CT molecular complexity index is 1680. The fourth-order valence-electron chi connectivity index (χ4n) is 11.4. The van der Waals surface area contributed by atoms with E-state index in [4.69, 9.17) is 9.68 Å². The summed E-state index contributed by atoms with van der Waals surface area (Å²) in [4.78, 5) is 47.9. The molecule has 10 nitrogen and oxygen atoms in total. The molecule has 2 aromatic rings. The summed E-state index contributed by atoms with van der Waals surface area (Å²) in [6, 6.07) is 7.11. The van der Waals surface area contributed by atoms with E-state index in [0.29, 0.717) is 24.0 Å². The molecule has 0 heterocycles. The number of fused-ring (bicyclic) bond motifs is 4. The molecule has 6 fully saturated rings. The van der Waals surface area contributed by atoms with Gasteiger partial charge in [-0.1, -0.05) is 81.1 Å². The Morgan fingerprint density at radius 1 is 0.586 bits per heavy atom. The van der Waals surface area contributed by atoms with E-state index in [1.165, 1.54) is 0 Å². The summed E-state index contributed by atoms with van der Waals surface area (Å²) in [6.07, 6.45) is 11.2. The number of hydrogen-bond acceptors (Lipinski definition) is 9. The number of unbranched alkanes of at least 4 members (excludes halogenated alkanes) is 6. The zero-order valence-corrected chi connectivity index (χ0v) is 36.4. The Morgan fingerprint density at radius 3 is 1.22 bits per heavy atom. The lowest BCUT2D eigenvalue weighted by Gasteiger charge is -2.59. The average Bonchev–Trinajstić information content (AvgIpc) is 3.12. The minimum atomic E-state index is -0.264. The van der Waals surface area contributed by atoms with Crippen molar-refractivity contribution < 1.29 is 44.8 Å². The van der Waals surface area contributed by atoms with Crippen LogP contribution in [0, 0.1) is 39.4 Å². The van der Waals surface area contributed by atoms with E-state index in [9.17, 15) is 34.9 Å². The SMILES string of the molecule is CC(C)(CCCCCCO[N+](=O)OCCCCCCC(C)(C)c1cc(O)c([C@@H]2CC(=O)[C@@H]3C[C@@H]2C3(C)C)c(O)c1)c1cc(O)c([C@@H]2CC(=O)[C@@H]3C[C@@H]2C3(C)C)c(O)c1. The summed E-state index contributed by atoms with van der Waals surface area (Å²) in [6.45, 7) is 17.5. The first-order chi connectivity index (χ1) is 27.2. The maximum absolute atomic E-state index is 12.7. The Labute approximate surface area is 345 Å². The molecule has 6 atom stereocenters. The molecule has 320 valence electrons. The van der Waals surface area contributed by atoms with E-state index in [0.717, 1.165) is 88.2 Å². The second kappa shape index (κ2) is 16.7. The van der Waals surface area contributed by atoms with Gasteiger partial charge in [0.15, 0.2) is 13.2 Å². The minimum absolute atomic E-state index is 0.0848. The maximum atomic E-state index is 12.7. The molecular formula is C48H70NO9+. The Kier molecular flexibility index (Phi) is 12.6. The normalized spacial score (nSPS) is 25.8. The van der Waals surface area contributed by atoms with Crippen LogP contribution in [0.25, 0.3) is 0 Å². The number of phenols is 4. The molecule has 0 aromatic heterocycles. The molecular weight excluding hydrogens is 735 g/mol. The van der Waals surface area contributed by atoms with Gasteiger partial charge in [-0.2, -0.15) is 9.68 Å². The largest absolute Gasteiger partial charge is 0.508 e. The van der Waals surface area contributed by atoms with Crippen LogP contribution in [0.5, 0.6) is 23.0 Å². The van der Waals surface area contributed by atoms with Gasteiger partial charge in [-0.15, -0.1) is 0 Å². The first-order valence-electron chi connectivity index (χ1n) is 22.1. The van der Waals surface area contributed by atoms with Crippen LogP contribution in [0.15, 0.2) is 24.3 Å². The fraction of sp³-hybridized carbons (Fsp3) is 0.708. The first kappa shape index (κ1) is 43.8. The standard InChI is InChI=1S/C48H69NO9/c1-45(2,29-21-39(52)43(40(53)22-29)31-25-37(50)35-27-33(31)47(35,5)6)17-13-9-11-15-19-57-49(56)58-20-16-12-10-14-18-46(3,4)30-23-41(54)44(42(55)24-30)32-26-38(51)36-28-34(32)48(36,7)8/h21-24,31-36H,9-20,25-28H2,1-8H3,(H3-,52,53,54,55)/p+1/t31-,32-,33+,34+,35+,36+/m1/s1. The molecule has 0 saturated heterocycles. The van der Waals surface area contributed by atoms with Crippen molar-refractivity contribution in [2.75, 3.05) is 13.2 Å². The predicted octanol–water partition coefficient (Wildman–Crippen LogP) is 10.7. The Balaban J connectivity index is 0.823. The third kappa shape index (κ3) is 8.58. The predicted molar refractivity (Wildman–Crippen MR) is 223 cm³/mol. The number of carbonyl (C=O) groups is 2. The van der Waals surface area contributed by atoms with Crippen molar-refractivity contribution in [3.8, 4) is 23.0 Å². The van der Waals surface area contributed by atoms with Gasteiger partial charge in [-0.25, -0.2) is 0 Å². The number of hydrogen-bond donors (Lipinski definition) is 4. The summed E-state index contributed by atoms with van der Waals surface area (Å²) in [7, 11) is 0. The Morgan fingerprint density at radius 2 is 0.914 bits per heavy atom. The van der Waals surface area contributed by atoms with Crippen LogP contribution >= 0.6 is 0 Å². The van der Waals surface area contributed by atoms with Crippen molar-refractivity contribution >= 4 is 11.6 Å². The lowest BCUT2D eigenvalue weighted by atomic mass is 9.44. The van der Waals surface area contributed by atoms with Gasteiger partial charge in [0.05, 0.1) is 0 Å². The zero-order valence-electron chi connectivity index (χ0n) is 36.4. The van der Waals surface area contributed by atoms with Crippen LogP contribution in [0.4, 0.5) is 0 Å². The molecule has 8 rings (SSSR count). The number of rotatable bonds is 20. The second-order valence-electron chi connectivity index (χ2n) is 20.8. The second-order valence-corrected chi connectivity index (χ2v) is 20.8. The van der Waals surface area contributed by atoms with E-state index in [2.05, 4.69) is 55.4 Å². The highest BCUT2D eigenvalue weighted by molar-refractivity contribution is 5.87. The fourth-order valence-corrected chi connectivity index (χ4v) is 11.4. The molecule has 0 spiro atoms. The molecule has 0 amide bonds. The number of benzene rings is 2. The highest BCUT2D eigenvalue weighted by atomic mass is 17.0. The van der Waals surface area contributed by atoms with Crippen LogP contribution in [-0.2, 0) is 30.1 Å². The monoisotopic (exact) mass is 805 g/mol. The number of aromatic hydroxyl groups is 4. The van der Waals surface area contributed by atoms with Gasteiger partial charge in [0.1, 0.15) is 39.5 Å². The molecule has 6 aliphatic carbocycles. The van der Waals surface area contributed by atoms with Crippen molar-refractivity contribution in [3.05, 3.63) is 51.4 Å². The van der Waals surface area contributed by atoms with Gasteiger partial charge in [-0.05, 0) is 120 Å². The third-order valence-electron chi connectivity index (χ3n) is 15.6. The van der Waals surface area contributed by atoms with E-state index >= 15 is 0 Å². The summed E-state index contributed by atoms with van der Waals surface area (Å²) in [5.41, 5.74) is 2.08. The van der Waals surface area contributed by atoms with Gasteiger partial charge < -0.3 is 20.4 Å². The van der Waals surface area contributed by atoms with Crippen molar-refractivity contribution in [3.63, 3.8) is 0 Å². The molecule has 4 N–H and O–H groups in total. The molecule has 0 radical (unpaired) electrons. The molecule has 10 heteroatoms.